The standard InChI is InChI=1S/C34H48ClNO5/c1-5-41-32(39)15-19-36-31(38)22-34(28-12-11-27(30(35)21-28)13-17-33(2,3)4)18-14-26(29(34)23-37)16-20-40-24-25-9-7-6-8-10-25/h6-12,21,26,29,37H,5,13-20,22-24H2,1-4H3,(H,36,38). The molecular formula is C34H48ClNO5. The maximum atomic E-state index is 13.3. The Hall–Kier alpha value is -2.41. The highest BCUT2D eigenvalue weighted by Gasteiger charge is 2.50. The summed E-state index contributed by atoms with van der Waals surface area (Å²) in [6, 6.07) is 16.3. The highest BCUT2D eigenvalue weighted by Crippen LogP contribution is 2.52. The first-order valence-electron chi connectivity index (χ1n) is 15.0. The second-order valence-corrected chi connectivity index (χ2v) is 12.9. The Labute approximate surface area is 251 Å². The summed E-state index contributed by atoms with van der Waals surface area (Å²) in [5.74, 6) is -0.371. The molecule has 0 bridgehead atoms. The van der Waals surface area contributed by atoms with Crippen LogP contribution in [0.3, 0.4) is 0 Å². The first-order valence-corrected chi connectivity index (χ1v) is 15.4. The van der Waals surface area contributed by atoms with Crippen molar-refractivity contribution in [1.82, 2.24) is 5.32 Å². The second kappa shape index (κ2) is 15.7. The number of hydrogen-bond acceptors (Lipinski definition) is 5. The van der Waals surface area contributed by atoms with Crippen molar-refractivity contribution in [2.24, 2.45) is 17.3 Å². The molecule has 2 aromatic carbocycles. The van der Waals surface area contributed by atoms with Gasteiger partial charge in [-0.15, -0.1) is 0 Å². The largest absolute Gasteiger partial charge is 0.466 e. The Morgan fingerprint density at radius 1 is 1.15 bits per heavy atom. The van der Waals surface area contributed by atoms with Crippen LogP contribution in [0.25, 0.3) is 0 Å². The van der Waals surface area contributed by atoms with Gasteiger partial charge in [-0.1, -0.05) is 74.8 Å². The van der Waals surface area contributed by atoms with Crippen molar-refractivity contribution in [3.05, 3.63) is 70.2 Å². The van der Waals surface area contributed by atoms with Gasteiger partial charge in [-0.05, 0) is 79.0 Å². The number of amides is 1. The Bertz CT molecular complexity index is 1120. The van der Waals surface area contributed by atoms with Gasteiger partial charge in [-0.3, -0.25) is 9.59 Å². The van der Waals surface area contributed by atoms with Gasteiger partial charge in [0.2, 0.25) is 5.91 Å². The van der Waals surface area contributed by atoms with E-state index in [1.54, 1.807) is 6.92 Å². The average molecular weight is 586 g/mol. The molecule has 2 N–H and O–H groups in total. The van der Waals surface area contributed by atoms with Crippen LogP contribution in [0.1, 0.15) is 82.9 Å². The molecule has 1 fully saturated rings. The van der Waals surface area contributed by atoms with Crippen molar-refractivity contribution >= 4 is 23.5 Å². The molecule has 0 radical (unpaired) electrons. The minimum absolute atomic E-state index is 0.0249. The number of nitrogens with one attached hydrogen (secondary N) is 1. The summed E-state index contributed by atoms with van der Waals surface area (Å²) in [5.41, 5.74) is 2.87. The molecule has 0 aromatic heterocycles. The fourth-order valence-electron chi connectivity index (χ4n) is 6.08. The van der Waals surface area contributed by atoms with Gasteiger partial charge < -0.3 is 19.9 Å². The molecule has 7 heteroatoms. The van der Waals surface area contributed by atoms with Gasteiger partial charge in [0, 0.05) is 36.6 Å². The summed E-state index contributed by atoms with van der Waals surface area (Å²) in [4.78, 5) is 25.0. The third-order valence-corrected chi connectivity index (χ3v) is 8.74. The lowest BCUT2D eigenvalue weighted by atomic mass is 9.67. The Morgan fingerprint density at radius 3 is 2.56 bits per heavy atom. The van der Waals surface area contributed by atoms with Crippen molar-refractivity contribution in [1.29, 1.82) is 0 Å². The number of aryl methyl sites for hydroxylation is 1. The van der Waals surface area contributed by atoms with Crippen molar-refractivity contribution in [2.45, 2.75) is 84.7 Å². The fourth-order valence-corrected chi connectivity index (χ4v) is 6.36. The van der Waals surface area contributed by atoms with Crippen LogP contribution in [0.2, 0.25) is 5.02 Å². The molecule has 1 amide bonds. The number of aliphatic hydroxyl groups is 1. The Morgan fingerprint density at radius 2 is 1.90 bits per heavy atom. The lowest BCUT2D eigenvalue weighted by molar-refractivity contribution is -0.143. The SMILES string of the molecule is CCOC(=O)CCNC(=O)CC1(c2ccc(CCC(C)(C)C)c(Cl)c2)CCC(CCOCc2ccccc2)C1CO. The lowest BCUT2D eigenvalue weighted by Gasteiger charge is -2.37. The third-order valence-electron chi connectivity index (χ3n) is 8.39. The predicted octanol–water partition coefficient (Wildman–Crippen LogP) is 6.64. The molecule has 0 spiro atoms. The van der Waals surface area contributed by atoms with E-state index in [4.69, 9.17) is 21.1 Å². The topological polar surface area (TPSA) is 84.9 Å². The number of rotatable bonds is 15. The van der Waals surface area contributed by atoms with E-state index < -0.39 is 5.41 Å². The normalized spacial score (nSPS) is 20.6. The monoisotopic (exact) mass is 585 g/mol. The van der Waals surface area contributed by atoms with Gasteiger partial charge in [-0.2, -0.15) is 0 Å². The zero-order chi connectivity index (χ0) is 29.9. The van der Waals surface area contributed by atoms with E-state index in [9.17, 15) is 14.7 Å². The van der Waals surface area contributed by atoms with E-state index >= 15 is 0 Å². The smallest absolute Gasteiger partial charge is 0.307 e. The molecule has 0 aliphatic heterocycles. The summed E-state index contributed by atoms with van der Waals surface area (Å²) < 4.78 is 11.0. The zero-order valence-corrected chi connectivity index (χ0v) is 26.0. The molecule has 3 rings (SSSR count). The molecule has 3 unspecified atom stereocenters. The van der Waals surface area contributed by atoms with Crippen LogP contribution in [0.15, 0.2) is 48.5 Å². The quantitative estimate of drug-likeness (QED) is 0.181. The number of carbonyl (C=O) groups is 2. The van der Waals surface area contributed by atoms with Crippen LogP contribution < -0.4 is 5.32 Å². The van der Waals surface area contributed by atoms with Crippen molar-refractivity contribution in [3.63, 3.8) is 0 Å². The first kappa shape index (κ1) is 33.1. The van der Waals surface area contributed by atoms with Crippen LogP contribution >= 0.6 is 11.6 Å². The number of hydrogen-bond donors (Lipinski definition) is 2. The number of esters is 1. The second-order valence-electron chi connectivity index (χ2n) is 12.5. The minimum Gasteiger partial charge on any atom is -0.466 e. The van der Waals surface area contributed by atoms with Gasteiger partial charge in [0.05, 0.1) is 19.6 Å². The summed E-state index contributed by atoms with van der Waals surface area (Å²) in [6.45, 7) is 10.1. The molecular weight excluding hydrogens is 538 g/mol. The molecule has 6 nitrogen and oxygen atoms in total. The molecule has 226 valence electrons. The number of halogens is 1. The van der Waals surface area contributed by atoms with Crippen LogP contribution in [-0.4, -0.2) is 43.3 Å². The van der Waals surface area contributed by atoms with E-state index in [1.807, 2.05) is 36.4 Å². The van der Waals surface area contributed by atoms with Gasteiger partial charge in [0.1, 0.15) is 0 Å². The molecule has 41 heavy (non-hydrogen) atoms. The molecule has 2 aromatic rings. The first-order chi connectivity index (χ1) is 19.6. The molecule has 0 heterocycles. The number of carbonyl (C=O) groups excluding carboxylic acids is 2. The van der Waals surface area contributed by atoms with Crippen molar-refractivity contribution in [2.75, 3.05) is 26.4 Å². The van der Waals surface area contributed by atoms with Crippen LogP contribution in [0.5, 0.6) is 0 Å². The van der Waals surface area contributed by atoms with Crippen LogP contribution in [0.4, 0.5) is 0 Å². The molecule has 1 saturated carbocycles. The fraction of sp³-hybridized carbons (Fsp3) is 0.588. The van der Waals surface area contributed by atoms with Crippen LogP contribution in [-0.2, 0) is 37.5 Å². The minimum atomic E-state index is -0.556. The van der Waals surface area contributed by atoms with Crippen molar-refractivity contribution in [3.8, 4) is 0 Å². The summed E-state index contributed by atoms with van der Waals surface area (Å²) in [6.07, 6.45) is 4.72. The average Bonchev–Trinajstić information content (AvgIpc) is 3.28. The Kier molecular flexibility index (Phi) is 12.7. The Balaban J connectivity index is 1.77. The zero-order valence-electron chi connectivity index (χ0n) is 25.2. The number of ether oxygens (including phenoxy) is 2. The van der Waals surface area contributed by atoms with E-state index in [-0.39, 0.29) is 55.1 Å². The molecule has 1 aliphatic carbocycles. The maximum Gasteiger partial charge on any atom is 0.307 e. The van der Waals surface area contributed by atoms with E-state index in [0.717, 1.165) is 48.8 Å². The van der Waals surface area contributed by atoms with Gasteiger partial charge in [0.25, 0.3) is 0 Å². The maximum absolute atomic E-state index is 13.3. The number of aliphatic hydroxyl groups excluding tert-OH is 1. The van der Waals surface area contributed by atoms with Crippen LogP contribution in [0, 0.1) is 17.3 Å². The van der Waals surface area contributed by atoms with Gasteiger partial charge in [-0.25, -0.2) is 0 Å². The highest BCUT2D eigenvalue weighted by molar-refractivity contribution is 6.31. The summed E-state index contributed by atoms with van der Waals surface area (Å²) in [7, 11) is 0. The van der Waals surface area contributed by atoms with Gasteiger partial charge >= 0.3 is 5.97 Å². The van der Waals surface area contributed by atoms with E-state index in [2.05, 4.69) is 38.2 Å². The van der Waals surface area contributed by atoms with Gasteiger partial charge in [0.15, 0.2) is 0 Å². The molecule has 3 atom stereocenters. The highest BCUT2D eigenvalue weighted by atomic mass is 35.5. The molecule has 0 saturated heterocycles. The van der Waals surface area contributed by atoms with E-state index in [1.165, 1.54) is 0 Å². The third kappa shape index (κ3) is 9.83. The number of benzene rings is 2. The summed E-state index contributed by atoms with van der Waals surface area (Å²) >= 11 is 6.84. The predicted molar refractivity (Wildman–Crippen MR) is 164 cm³/mol. The lowest BCUT2D eigenvalue weighted by Crippen LogP contribution is -2.41. The van der Waals surface area contributed by atoms with Crippen molar-refractivity contribution < 1.29 is 24.2 Å². The van der Waals surface area contributed by atoms with E-state index in [0.29, 0.717) is 24.8 Å². The summed E-state index contributed by atoms with van der Waals surface area (Å²) in [5, 5.41) is 14.3. The molecule has 1 aliphatic rings.